The van der Waals surface area contributed by atoms with Crippen LogP contribution in [0.5, 0.6) is 0 Å². The van der Waals surface area contributed by atoms with Gasteiger partial charge >= 0.3 is 12.9 Å². The highest BCUT2D eigenvalue weighted by atomic mass is 19.4. The summed E-state index contributed by atoms with van der Waals surface area (Å²) in [6.07, 6.45) is -0.00352. The molecule has 0 unspecified atom stereocenters. The second-order valence-electron chi connectivity index (χ2n) is 2.68. The lowest BCUT2D eigenvalue weighted by molar-refractivity contribution is -0.141. The van der Waals surface area contributed by atoms with Gasteiger partial charge in [0.2, 0.25) is 0 Å². The summed E-state index contributed by atoms with van der Waals surface area (Å²) >= 11 is 0. The number of hydrogen-bond acceptors (Lipinski definition) is 2. The molecule has 0 aromatic heterocycles. The maximum atomic E-state index is 11.9. The number of allylic oxidation sites excluding steroid dienone is 1. The third kappa shape index (κ3) is 6.25. The minimum atomic E-state index is -4.94. The van der Waals surface area contributed by atoms with Gasteiger partial charge in [-0.1, -0.05) is 6.42 Å². The van der Waals surface area contributed by atoms with Gasteiger partial charge in [0.15, 0.2) is 0 Å². The quantitative estimate of drug-likeness (QED) is 0.382. The molecule has 0 spiro atoms. The molecule has 2 nitrogen and oxygen atoms in total. The van der Waals surface area contributed by atoms with E-state index in [-0.39, 0.29) is 19.4 Å². The van der Waals surface area contributed by atoms with Crippen molar-refractivity contribution in [2.24, 2.45) is 0 Å². The summed E-state index contributed by atoms with van der Waals surface area (Å²) in [6.45, 7) is -0.808. The van der Waals surface area contributed by atoms with Crippen molar-refractivity contribution in [2.45, 2.75) is 19.8 Å². The lowest BCUT2D eigenvalue weighted by atomic mass is 9.78. The fraction of sp³-hybridized carbons (Fsp3) is 0.571. The molecule has 0 atom stereocenters. The Balaban J connectivity index is 3.55. The molecule has 13 heavy (non-hydrogen) atoms. The molecule has 0 aliphatic heterocycles. The van der Waals surface area contributed by atoms with E-state index in [1.165, 1.54) is 6.92 Å². The summed E-state index contributed by atoms with van der Waals surface area (Å²) in [7, 11) is 0. The molecule has 0 heterocycles. The van der Waals surface area contributed by atoms with Crippen LogP contribution in [0.1, 0.15) is 19.8 Å². The summed E-state index contributed by atoms with van der Waals surface area (Å²) in [5.41, 5.74) is -0.729. The van der Waals surface area contributed by atoms with Crippen LogP contribution >= 0.6 is 0 Å². The van der Waals surface area contributed by atoms with Crippen molar-refractivity contribution in [1.29, 1.82) is 0 Å². The fourth-order valence-electron chi connectivity index (χ4n) is 0.679. The molecule has 0 fully saturated rings. The van der Waals surface area contributed by atoms with Gasteiger partial charge < -0.3 is 17.7 Å². The highest BCUT2D eigenvalue weighted by molar-refractivity contribution is 6.66. The maximum Gasteiger partial charge on any atom is 0.505 e. The predicted octanol–water partition coefficient (Wildman–Crippen LogP) is 2.27. The average molecular weight is 195 g/mol. The third-order valence-electron chi connectivity index (χ3n) is 1.41. The van der Waals surface area contributed by atoms with Crippen molar-refractivity contribution < 1.29 is 22.5 Å². The summed E-state index contributed by atoms with van der Waals surface area (Å²) in [4.78, 5) is 10.2. The van der Waals surface area contributed by atoms with E-state index >= 15 is 0 Å². The van der Waals surface area contributed by atoms with E-state index < -0.39 is 18.4 Å². The minimum absolute atomic E-state index is 0.0144. The molecule has 76 valence electrons. The molecular formula is C7H11BF3O2-. The van der Waals surface area contributed by atoms with Crippen molar-refractivity contribution in [3.8, 4) is 0 Å². The zero-order valence-corrected chi connectivity index (χ0v) is 7.36. The number of carbonyl (C=O) groups excluding carboxylic acids is 1. The molecule has 0 radical (unpaired) electrons. The van der Waals surface area contributed by atoms with Crippen LogP contribution in [0.15, 0.2) is 12.1 Å². The summed E-state index contributed by atoms with van der Waals surface area (Å²) in [6, 6.07) is 0. The van der Waals surface area contributed by atoms with Gasteiger partial charge in [0.1, 0.15) is 0 Å². The van der Waals surface area contributed by atoms with Gasteiger partial charge in [-0.3, -0.25) is 4.79 Å². The van der Waals surface area contributed by atoms with Gasteiger partial charge in [-0.05, 0) is 6.42 Å². The number of carbonyl (C=O) groups is 1. The third-order valence-corrected chi connectivity index (χ3v) is 1.41. The number of halogens is 3. The van der Waals surface area contributed by atoms with E-state index in [9.17, 15) is 17.7 Å². The zero-order valence-electron chi connectivity index (χ0n) is 7.36. The van der Waals surface area contributed by atoms with Crippen LogP contribution in [0, 0.1) is 0 Å². The highest BCUT2D eigenvalue weighted by Gasteiger charge is 2.25. The second kappa shape index (κ2) is 4.94. The van der Waals surface area contributed by atoms with Crippen molar-refractivity contribution in [2.75, 3.05) is 6.61 Å². The van der Waals surface area contributed by atoms with Crippen LogP contribution < -0.4 is 0 Å². The lowest BCUT2D eigenvalue weighted by Gasteiger charge is -2.17. The first-order valence-electron chi connectivity index (χ1n) is 3.85. The molecular weight excluding hydrogens is 184 g/mol. The predicted molar refractivity (Wildman–Crippen MR) is 44.1 cm³/mol. The fourth-order valence-corrected chi connectivity index (χ4v) is 0.679. The van der Waals surface area contributed by atoms with Gasteiger partial charge in [-0.2, -0.15) is 0 Å². The SMILES string of the molecule is C=C(CCCOC(C)=O)[B-](F)(F)F. The van der Waals surface area contributed by atoms with Crippen molar-refractivity contribution in [3.05, 3.63) is 12.1 Å². The van der Waals surface area contributed by atoms with E-state index in [0.29, 0.717) is 0 Å². The smallest absolute Gasteiger partial charge is 0.466 e. The first-order valence-corrected chi connectivity index (χ1v) is 3.85. The molecule has 0 N–H and O–H groups in total. The first-order chi connectivity index (χ1) is 5.84. The molecule has 0 saturated carbocycles. The number of ether oxygens (including phenoxy) is 1. The number of hydrogen-bond donors (Lipinski definition) is 0. The maximum absolute atomic E-state index is 11.9. The molecule has 0 aromatic carbocycles. The van der Waals surface area contributed by atoms with E-state index in [2.05, 4.69) is 11.3 Å². The molecule has 6 heteroatoms. The van der Waals surface area contributed by atoms with Crippen LogP contribution in [0.25, 0.3) is 0 Å². The van der Waals surface area contributed by atoms with E-state index in [0.717, 1.165) is 0 Å². The Labute approximate surface area is 74.8 Å². The number of rotatable bonds is 5. The van der Waals surface area contributed by atoms with Crippen LogP contribution in [-0.2, 0) is 9.53 Å². The normalized spacial score (nSPS) is 11.1. The summed E-state index contributed by atoms with van der Waals surface area (Å²) in [5.74, 6) is -0.483. The zero-order chi connectivity index (χ0) is 10.5. The topological polar surface area (TPSA) is 26.3 Å². The molecule has 0 bridgehead atoms. The Hall–Kier alpha value is -0.935. The summed E-state index contributed by atoms with van der Waals surface area (Å²) < 4.78 is 40.1. The minimum Gasteiger partial charge on any atom is -0.466 e. The van der Waals surface area contributed by atoms with Crippen LogP contribution in [0.2, 0.25) is 0 Å². The van der Waals surface area contributed by atoms with Gasteiger partial charge in [-0.15, -0.1) is 12.1 Å². The van der Waals surface area contributed by atoms with Crippen LogP contribution in [-0.4, -0.2) is 19.6 Å². The average Bonchev–Trinajstić information content (AvgIpc) is 1.95. The van der Waals surface area contributed by atoms with Crippen LogP contribution in [0.3, 0.4) is 0 Å². The first kappa shape index (κ1) is 12.1. The Morgan fingerprint density at radius 2 is 2.00 bits per heavy atom. The molecule has 0 aliphatic carbocycles. The molecule has 0 saturated heterocycles. The largest absolute Gasteiger partial charge is 0.505 e. The van der Waals surface area contributed by atoms with Gasteiger partial charge in [0.25, 0.3) is 0 Å². The molecule has 0 rings (SSSR count). The van der Waals surface area contributed by atoms with E-state index in [1.807, 2.05) is 0 Å². The lowest BCUT2D eigenvalue weighted by Crippen LogP contribution is -2.18. The van der Waals surface area contributed by atoms with Crippen molar-refractivity contribution >= 4 is 12.9 Å². The second-order valence-corrected chi connectivity index (χ2v) is 2.68. The Bertz CT molecular complexity index is 200. The molecule has 0 aromatic rings. The number of esters is 1. The Morgan fingerprint density at radius 1 is 1.46 bits per heavy atom. The Kier molecular flexibility index (Phi) is 4.58. The van der Waals surface area contributed by atoms with Crippen molar-refractivity contribution in [3.63, 3.8) is 0 Å². The van der Waals surface area contributed by atoms with Crippen LogP contribution in [0.4, 0.5) is 12.9 Å². The summed E-state index contributed by atoms with van der Waals surface area (Å²) in [5, 5.41) is 0. The Morgan fingerprint density at radius 3 is 2.38 bits per heavy atom. The highest BCUT2D eigenvalue weighted by Crippen LogP contribution is 2.21. The van der Waals surface area contributed by atoms with E-state index in [1.54, 1.807) is 0 Å². The monoisotopic (exact) mass is 195 g/mol. The van der Waals surface area contributed by atoms with Gasteiger partial charge in [0.05, 0.1) is 6.61 Å². The standard InChI is InChI=1S/C7H11BF3O2/c1-6(8(9,10)11)4-3-5-13-7(2)12/h1,3-5H2,2H3/q-1. The molecule has 0 amide bonds. The van der Waals surface area contributed by atoms with Crippen molar-refractivity contribution in [1.82, 2.24) is 0 Å². The molecule has 0 aliphatic rings. The van der Waals surface area contributed by atoms with E-state index in [4.69, 9.17) is 0 Å². The van der Waals surface area contributed by atoms with Gasteiger partial charge in [0, 0.05) is 6.92 Å². The van der Waals surface area contributed by atoms with Gasteiger partial charge in [-0.25, -0.2) is 0 Å².